The van der Waals surface area contributed by atoms with Crippen molar-refractivity contribution < 1.29 is 9.53 Å². The highest BCUT2D eigenvalue weighted by atomic mass is 35.5. The van der Waals surface area contributed by atoms with Crippen molar-refractivity contribution in [2.45, 2.75) is 38.1 Å². The Bertz CT molecular complexity index is 335. The van der Waals surface area contributed by atoms with Gasteiger partial charge in [0.2, 0.25) is 5.91 Å². The van der Waals surface area contributed by atoms with Crippen LogP contribution in [0, 0.1) is 5.92 Å². The van der Waals surface area contributed by atoms with E-state index in [1.165, 1.54) is 0 Å². The quantitative estimate of drug-likeness (QED) is 0.830. The van der Waals surface area contributed by atoms with Gasteiger partial charge >= 0.3 is 0 Å². The van der Waals surface area contributed by atoms with Gasteiger partial charge in [-0.05, 0) is 19.8 Å². The van der Waals surface area contributed by atoms with Crippen LogP contribution in [-0.2, 0) is 9.53 Å². The van der Waals surface area contributed by atoms with E-state index in [1.54, 1.807) is 7.11 Å². The fourth-order valence-corrected chi connectivity index (χ4v) is 3.40. The van der Waals surface area contributed by atoms with E-state index in [-0.39, 0.29) is 42.2 Å². The first-order valence-electron chi connectivity index (χ1n) is 7.83. The van der Waals surface area contributed by atoms with Crippen molar-refractivity contribution in [2.75, 3.05) is 46.4 Å². The van der Waals surface area contributed by atoms with E-state index in [2.05, 4.69) is 4.90 Å². The maximum absolute atomic E-state index is 12.7. The summed E-state index contributed by atoms with van der Waals surface area (Å²) in [5, 5.41) is 0. The molecule has 0 bridgehead atoms. The highest BCUT2D eigenvalue weighted by molar-refractivity contribution is 5.85. The summed E-state index contributed by atoms with van der Waals surface area (Å²) in [7, 11) is 1.73. The number of carbonyl (C=O) groups excluding carboxylic acids is 1. The molecule has 1 saturated carbocycles. The van der Waals surface area contributed by atoms with Crippen LogP contribution >= 0.6 is 24.8 Å². The molecule has 0 radical (unpaired) electrons. The van der Waals surface area contributed by atoms with Crippen LogP contribution in [0.5, 0.6) is 0 Å². The molecule has 7 heteroatoms. The van der Waals surface area contributed by atoms with Gasteiger partial charge in [0, 0.05) is 45.4 Å². The Kier molecular flexibility index (Phi) is 9.90. The average molecular weight is 356 g/mol. The summed E-state index contributed by atoms with van der Waals surface area (Å²) in [4.78, 5) is 17.1. The SMILES string of the molecule is COCCN1CCN(C(=O)C2CCCCC2(C)N)CC1.Cl.Cl. The Morgan fingerprint density at radius 1 is 1.23 bits per heavy atom. The summed E-state index contributed by atoms with van der Waals surface area (Å²) < 4.78 is 5.10. The second-order valence-corrected chi connectivity index (χ2v) is 6.46. The first-order chi connectivity index (χ1) is 9.54. The average Bonchev–Trinajstić information content (AvgIpc) is 2.44. The lowest BCUT2D eigenvalue weighted by atomic mass is 9.74. The van der Waals surface area contributed by atoms with Gasteiger partial charge in [0.05, 0.1) is 12.5 Å². The van der Waals surface area contributed by atoms with Gasteiger partial charge in [-0.15, -0.1) is 24.8 Å². The third kappa shape index (κ3) is 5.53. The monoisotopic (exact) mass is 355 g/mol. The van der Waals surface area contributed by atoms with Crippen LogP contribution in [0.4, 0.5) is 0 Å². The lowest BCUT2D eigenvalue weighted by Gasteiger charge is -2.42. The Morgan fingerprint density at radius 2 is 1.86 bits per heavy atom. The highest BCUT2D eigenvalue weighted by Crippen LogP contribution is 2.33. The molecule has 132 valence electrons. The molecule has 1 saturated heterocycles. The predicted molar refractivity (Wildman–Crippen MR) is 93.9 cm³/mol. The van der Waals surface area contributed by atoms with E-state index in [0.29, 0.717) is 0 Å². The van der Waals surface area contributed by atoms with E-state index >= 15 is 0 Å². The minimum atomic E-state index is -0.317. The molecule has 1 heterocycles. The first kappa shape index (κ1) is 21.9. The second-order valence-electron chi connectivity index (χ2n) is 6.46. The number of rotatable bonds is 4. The third-order valence-electron chi connectivity index (χ3n) is 4.85. The molecule has 1 aliphatic heterocycles. The van der Waals surface area contributed by atoms with Crippen molar-refractivity contribution in [1.82, 2.24) is 9.80 Å². The number of carbonyl (C=O) groups is 1. The van der Waals surface area contributed by atoms with Crippen LogP contribution in [0.1, 0.15) is 32.6 Å². The van der Waals surface area contributed by atoms with Crippen LogP contribution < -0.4 is 5.73 Å². The summed E-state index contributed by atoms with van der Waals surface area (Å²) in [6, 6.07) is 0. The number of halogens is 2. The minimum absolute atomic E-state index is 0. The molecule has 1 aliphatic carbocycles. The van der Waals surface area contributed by atoms with Crippen molar-refractivity contribution >= 4 is 30.7 Å². The van der Waals surface area contributed by atoms with Gasteiger partial charge in [-0.1, -0.05) is 12.8 Å². The fourth-order valence-electron chi connectivity index (χ4n) is 3.40. The summed E-state index contributed by atoms with van der Waals surface area (Å²) >= 11 is 0. The molecule has 0 aromatic heterocycles. The van der Waals surface area contributed by atoms with Crippen LogP contribution in [0.25, 0.3) is 0 Å². The van der Waals surface area contributed by atoms with Gasteiger partial charge in [0.25, 0.3) is 0 Å². The zero-order valence-electron chi connectivity index (χ0n) is 13.8. The van der Waals surface area contributed by atoms with E-state index in [4.69, 9.17) is 10.5 Å². The number of ether oxygens (including phenoxy) is 1. The van der Waals surface area contributed by atoms with Gasteiger partial charge in [-0.3, -0.25) is 9.69 Å². The molecule has 2 N–H and O–H groups in total. The zero-order chi connectivity index (χ0) is 14.6. The molecule has 22 heavy (non-hydrogen) atoms. The number of nitrogens with zero attached hydrogens (tertiary/aromatic N) is 2. The molecule has 1 amide bonds. The van der Waals surface area contributed by atoms with E-state index in [0.717, 1.165) is 65.0 Å². The number of hydrogen-bond acceptors (Lipinski definition) is 4. The Labute approximate surface area is 146 Å². The molecule has 2 aliphatic rings. The minimum Gasteiger partial charge on any atom is -0.383 e. The highest BCUT2D eigenvalue weighted by Gasteiger charge is 2.40. The summed E-state index contributed by atoms with van der Waals surface area (Å²) in [5.74, 6) is 0.294. The van der Waals surface area contributed by atoms with Crippen molar-refractivity contribution in [3.8, 4) is 0 Å². The Morgan fingerprint density at radius 3 is 2.41 bits per heavy atom. The van der Waals surface area contributed by atoms with Crippen LogP contribution in [0.2, 0.25) is 0 Å². The van der Waals surface area contributed by atoms with E-state index in [1.807, 2.05) is 11.8 Å². The predicted octanol–water partition coefficient (Wildman–Crippen LogP) is 1.53. The molecular weight excluding hydrogens is 325 g/mol. The first-order valence-corrected chi connectivity index (χ1v) is 7.83. The topological polar surface area (TPSA) is 58.8 Å². The Hall–Kier alpha value is -0.0700. The molecule has 0 aromatic rings. The number of methoxy groups -OCH3 is 1. The second kappa shape index (κ2) is 9.93. The molecule has 0 aromatic carbocycles. The zero-order valence-corrected chi connectivity index (χ0v) is 15.4. The smallest absolute Gasteiger partial charge is 0.227 e. The largest absolute Gasteiger partial charge is 0.383 e. The summed E-state index contributed by atoms with van der Waals surface area (Å²) in [5.41, 5.74) is 6.03. The van der Waals surface area contributed by atoms with Crippen molar-refractivity contribution in [3.63, 3.8) is 0 Å². The number of hydrogen-bond donors (Lipinski definition) is 1. The maximum Gasteiger partial charge on any atom is 0.227 e. The van der Waals surface area contributed by atoms with Crippen LogP contribution in [0.3, 0.4) is 0 Å². The molecule has 0 spiro atoms. The van der Waals surface area contributed by atoms with Crippen LogP contribution in [0.15, 0.2) is 0 Å². The lowest BCUT2D eigenvalue weighted by Crippen LogP contribution is -2.57. The lowest BCUT2D eigenvalue weighted by molar-refractivity contribution is -0.140. The molecule has 5 nitrogen and oxygen atoms in total. The van der Waals surface area contributed by atoms with E-state index in [9.17, 15) is 4.79 Å². The van der Waals surface area contributed by atoms with Crippen molar-refractivity contribution in [2.24, 2.45) is 11.7 Å². The van der Waals surface area contributed by atoms with Gasteiger partial charge < -0.3 is 15.4 Å². The third-order valence-corrected chi connectivity index (χ3v) is 4.85. The maximum atomic E-state index is 12.7. The summed E-state index contributed by atoms with van der Waals surface area (Å²) in [6.45, 7) is 7.31. The van der Waals surface area contributed by atoms with Gasteiger partial charge in [0.15, 0.2) is 0 Å². The summed E-state index contributed by atoms with van der Waals surface area (Å²) in [6.07, 6.45) is 4.21. The standard InChI is InChI=1S/C15H29N3O2.2ClH/c1-15(16)6-4-3-5-13(15)14(19)18-9-7-17(8-10-18)11-12-20-2;;/h13H,3-12,16H2,1-2H3;2*1H. The number of nitrogens with two attached hydrogens (primary N) is 1. The Balaban J connectivity index is 0.00000220. The normalized spacial score (nSPS) is 29.4. The number of piperazine rings is 1. The van der Waals surface area contributed by atoms with E-state index < -0.39 is 0 Å². The molecule has 2 unspecified atom stereocenters. The fraction of sp³-hybridized carbons (Fsp3) is 0.933. The van der Waals surface area contributed by atoms with Gasteiger partial charge in [-0.25, -0.2) is 0 Å². The van der Waals surface area contributed by atoms with Crippen molar-refractivity contribution in [1.29, 1.82) is 0 Å². The van der Waals surface area contributed by atoms with Crippen molar-refractivity contribution in [3.05, 3.63) is 0 Å². The number of amides is 1. The molecular formula is C15H31Cl2N3O2. The van der Waals surface area contributed by atoms with Gasteiger partial charge in [-0.2, -0.15) is 0 Å². The van der Waals surface area contributed by atoms with Gasteiger partial charge in [0.1, 0.15) is 0 Å². The molecule has 2 atom stereocenters. The van der Waals surface area contributed by atoms with Crippen LogP contribution in [-0.4, -0.2) is 67.7 Å². The molecule has 2 fully saturated rings. The molecule has 2 rings (SSSR count).